The Morgan fingerprint density at radius 2 is 1.18 bits per heavy atom. The van der Waals surface area contributed by atoms with Gasteiger partial charge in [-0.2, -0.15) is 15.0 Å². The van der Waals surface area contributed by atoms with Crippen molar-refractivity contribution >= 4 is 42.4 Å². The van der Waals surface area contributed by atoms with Gasteiger partial charge < -0.3 is 43.8 Å². The lowest BCUT2D eigenvalue weighted by atomic mass is 10.1. The van der Waals surface area contributed by atoms with Crippen LogP contribution in [0.3, 0.4) is 0 Å². The van der Waals surface area contributed by atoms with E-state index >= 15 is 0 Å². The van der Waals surface area contributed by atoms with Crippen molar-refractivity contribution in [2.75, 3.05) is 65.7 Å². The fourth-order valence-corrected chi connectivity index (χ4v) is 9.87. The Labute approximate surface area is 467 Å². The van der Waals surface area contributed by atoms with Gasteiger partial charge in [0.25, 0.3) is 11.9 Å². The maximum atomic E-state index is 13.8. The molecule has 78 heavy (non-hydrogen) atoms. The number of amides is 1. The van der Waals surface area contributed by atoms with Crippen molar-refractivity contribution in [2.24, 2.45) is 0 Å². The van der Waals surface area contributed by atoms with Crippen molar-refractivity contribution in [2.45, 2.75) is 213 Å². The molecule has 0 aliphatic carbocycles. The van der Waals surface area contributed by atoms with Gasteiger partial charge >= 0.3 is 25.5 Å². The van der Waals surface area contributed by atoms with Crippen molar-refractivity contribution in [1.82, 2.24) is 24.8 Å². The number of nitrogens with zero attached hydrogens (tertiary/aromatic N) is 4. The van der Waals surface area contributed by atoms with Crippen LogP contribution in [-0.4, -0.2) is 103 Å². The lowest BCUT2D eigenvalue weighted by Gasteiger charge is -2.22. The third-order valence-corrected chi connectivity index (χ3v) is 15.3. The minimum atomic E-state index is -3.69. The second kappa shape index (κ2) is 43.0. The van der Waals surface area contributed by atoms with Gasteiger partial charge in [0.15, 0.2) is 23.1 Å². The number of anilines is 1. The maximum absolute atomic E-state index is 13.8. The number of nitrogen functional groups attached to an aromatic ring is 1. The molecule has 440 valence electrons. The summed E-state index contributed by atoms with van der Waals surface area (Å²) in [5.74, 6) is -1.02. The summed E-state index contributed by atoms with van der Waals surface area (Å²) in [6, 6.07) is 7.33. The summed E-state index contributed by atoms with van der Waals surface area (Å²) < 4.78 is 54.6. The Kier molecular flexibility index (Phi) is 37.2. The number of rotatable bonds is 49. The highest BCUT2D eigenvalue weighted by molar-refractivity contribution is 7.53. The summed E-state index contributed by atoms with van der Waals surface area (Å²) in [5, 5.41) is 2.80. The van der Waals surface area contributed by atoms with Crippen molar-refractivity contribution in [1.29, 1.82) is 0 Å². The molecule has 18 heteroatoms. The van der Waals surface area contributed by atoms with Crippen molar-refractivity contribution in [3.8, 4) is 12.0 Å². The fraction of sp³-hybridized carbons (Fsp3) is 0.700. The van der Waals surface area contributed by atoms with Crippen LogP contribution in [0.1, 0.15) is 216 Å². The average Bonchev–Trinajstić information content (AvgIpc) is 3.85. The standard InChI is InChI=1S/C60H99N6O11P/c1-6-9-11-13-15-17-19-21-23-25-27-29-31-33-35-37-53(67)74-48-52(77-54(68)38-36-34-32-30-28-26-24-22-20-18-16-14-12-10-7-2)49-76-78(70,8-3)75-44-43-62-58(69)51-41-39-50(40-42-51)47-66-57-55(63-60(66)72-5)56(61)64-59(65-57)73-46-45-71-4/h21-24,39-42,52H,6-20,25-38,43-49H2,1-5H3,(H,62,69)(H2,61,64,65)/b23-21+,24-22+. The van der Waals surface area contributed by atoms with E-state index in [0.717, 1.165) is 76.2 Å². The number of nitrogens with two attached hydrogens (primary N) is 1. The van der Waals surface area contributed by atoms with Crippen LogP contribution in [0.4, 0.5) is 5.82 Å². The topological polar surface area (TPSA) is 215 Å². The number of ether oxygens (including phenoxy) is 5. The number of hydrogen-bond acceptors (Lipinski definition) is 15. The molecule has 2 aromatic heterocycles. The van der Waals surface area contributed by atoms with Gasteiger partial charge in [-0.05, 0) is 81.9 Å². The molecule has 0 radical (unpaired) electrons. The molecule has 0 fully saturated rings. The van der Waals surface area contributed by atoms with E-state index in [1.54, 1.807) is 42.9 Å². The molecule has 0 spiro atoms. The third kappa shape index (κ3) is 29.9. The van der Waals surface area contributed by atoms with Gasteiger partial charge in [-0.3, -0.25) is 23.5 Å². The Morgan fingerprint density at radius 1 is 0.641 bits per heavy atom. The van der Waals surface area contributed by atoms with E-state index in [1.807, 2.05) is 0 Å². The molecule has 3 rings (SSSR count). The number of benzene rings is 1. The van der Waals surface area contributed by atoms with E-state index in [-0.39, 0.29) is 81.7 Å². The first kappa shape index (κ1) is 67.4. The second-order valence-corrected chi connectivity index (χ2v) is 22.4. The number of fused-ring (bicyclic) bond motifs is 1. The molecule has 0 aliphatic heterocycles. The first-order valence-electron chi connectivity index (χ1n) is 29.7. The van der Waals surface area contributed by atoms with E-state index in [1.165, 1.54) is 90.6 Å². The van der Waals surface area contributed by atoms with E-state index in [0.29, 0.717) is 42.7 Å². The molecular weight excluding hydrogens is 1010 g/mol. The number of aromatic nitrogens is 4. The predicted octanol–water partition coefficient (Wildman–Crippen LogP) is 14.0. The summed E-state index contributed by atoms with van der Waals surface area (Å²) in [5.41, 5.74) is 8.19. The molecule has 3 N–H and O–H groups in total. The Morgan fingerprint density at radius 3 is 1.72 bits per heavy atom. The van der Waals surface area contributed by atoms with Crippen LogP contribution in [0, 0.1) is 0 Å². The molecule has 17 nitrogen and oxygen atoms in total. The highest BCUT2D eigenvalue weighted by atomic mass is 31.2. The van der Waals surface area contributed by atoms with Gasteiger partial charge in [0, 0.05) is 38.2 Å². The first-order chi connectivity index (χ1) is 38.1. The quantitative estimate of drug-likeness (QED) is 0.0233. The first-order valence-corrected chi connectivity index (χ1v) is 31.4. The number of carbonyl (C=O) groups is 3. The number of nitrogens with one attached hydrogen (secondary N) is 1. The molecule has 2 heterocycles. The molecule has 0 saturated heterocycles. The Hall–Kier alpha value is -4.83. The third-order valence-electron chi connectivity index (χ3n) is 13.4. The van der Waals surface area contributed by atoms with E-state index < -0.39 is 19.7 Å². The number of methoxy groups -OCH3 is 2. The highest BCUT2D eigenvalue weighted by Gasteiger charge is 2.27. The van der Waals surface area contributed by atoms with Gasteiger partial charge in [0.1, 0.15) is 13.2 Å². The summed E-state index contributed by atoms with van der Waals surface area (Å²) in [7, 11) is -0.627. The lowest BCUT2D eigenvalue weighted by Crippen LogP contribution is -2.30. The molecule has 1 aromatic carbocycles. The lowest BCUT2D eigenvalue weighted by molar-refractivity contribution is -0.161. The van der Waals surface area contributed by atoms with Crippen LogP contribution >= 0.6 is 7.60 Å². The van der Waals surface area contributed by atoms with E-state index in [4.69, 9.17) is 38.5 Å². The number of imidazole rings is 1. The molecular formula is C60H99N6O11P. The molecule has 3 aromatic rings. The molecule has 0 bridgehead atoms. The SMILES string of the molecule is CCCCCCCC/C=C/CCCCCCCC(=O)OCC(COP(=O)(CC)OCCNC(=O)c1ccc(Cn2c(OC)nc3c(N)nc(OCCOC)nc32)cc1)OC(=O)CCCCCCC/C=C/CCCCCCCC. The number of unbranched alkanes of at least 4 members (excludes halogenated alkanes) is 22. The molecule has 2 atom stereocenters. The number of carbonyl (C=O) groups excluding carboxylic acids is 3. The number of hydrogen-bond donors (Lipinski definition) is 2. The van der Waals surface area contributed by atoms with Gasteiger partial charge in [-0.25, -0.2) is 0 Å². The summed E-state index contributed by atoms with van der Waals surface area (Å²) >= 11 is 0. The van der Waals surface area contributed by atoms with E-state index in [9.17, 15) is 18.9 Å². The van der Waals surface area contributed by atoms with Crippen molar-refractivity contribution in [3.05, 3.63) is 59.7 Å². The Bertz CT molecular complexity index is 2190. The molecule has 0 saturated carbocycles. The Balaban J connectivity index is 1.45. The van der Waals surface area contributed by atoms with Crippen molar-refractivity contribution < 1.29 is 51.7 Å². The maximum Gasteiger partial charge on any atom is 0.330 e. The van der Waals surface area contributed by atoms with Crippen molar-refractivity contribution in [3.63, 3.8) is 0 Å². The number of allylic oxidation sites excluding steroid dienone is 4. The highest BCUT2D eigenvalue weighted by Crippen LogP contribution is 2.47. The summed E-state index contributed by atoms with van der Waals surface area (Å²) in [6.45, 7) is 6.49. The predicted molar refractivity (Wildman–Crippen MR) is 311 cm³/mol. The average molecular weight is 1110 g/mol. The van der Waals surface area contributed by atoms with Gasteiger partial charge in [-0.15, -0.1) is 0 Å². The largest absolute Gasteiger partial charge is 0.468 e. The second-order valence-electron chi connectivity index (χ2n) is 20.1. The summed E-state index contributed by atoms with van der Waals surface area (Å²) in [6.07, 6.45) is 38.9. The molecule has 1 amide bonds. The number of esters is 2. The zero-order chi connectivity index (χ0) is 56.3. The summed E-state index contributed by atoms with van der Waals surface area (Å²) in [4.78, 5) is 52.2. The fourth-order valence-electron chi connectivity index (χ4n) is 8.67. The monoisotopic (exact) mass is 1110 g/mol. The smallest absolute Gasteiger partial charge is 0.330 e. The molecule has 0 aliphatic rings. The minimum absolute atomic E-state index is 0.0328. The van der Waals surface area contributed by atoms with Crippen LogP contribution in [0.15, 0.2) is 48.6 Å². The zero-order valence-electron chi connectivity index (χ0n) is 48.5. The van der Waals surface area contributed by atoms with E-state index in [2.05, 4.69) is 58.4 Å². The normalized spacial score (nSPS) is 12.8. The van der Waals surface area contributed by atoms with Gasteiger partial charge in [-0.1, -0.05) is 160 Å². The van der Waals surface area contributed by atoms with Crippen LogP contribution < -0.4 is 20.5 Å². The van der Waals surface area contributed by atoms with Gasteiger partial charge in [0.2, 0.25) is 0 Å². The van der Waals surface area contributed by atoms with Gasteiger partial charge in [0.05, 0.1) is 33.5 Å². The molecule has 2 unspecified atom stereocenters. The van der Waals surface area contributed by atoms with Crippen LogP contribution in [0.5, 0.6) is 12.0 Å². The van der Waals surface area contributed by atoms with Crippen LogP contribution in [0.2, 0.25) is 0 Å². The zero-order valence-corrected chi connectivity index (χ0v) is 49.4. The van der Waals surface area contributed by atoms with Crippen LogP contribution in [-0.2, 0) is 44.0 Å². The minimum Gasteiger partial charge on any atom is -0.468 e. The van der Waals surface area contributed by atoms with Crippen LogP contribution in [0.25, 0.3) is 11.2 Å².